The van der Waals surface area contributed by atoms with Gasteiger partial charge in [-0.1, -0.05) is 29.8 Å². The Bertz CT molecular complexity index is 799. The number of hydrogen-bond donors (Lipinski definition) is 2. The van der Waals surface area contributed by atoms with Gasteiger partial charge in [0, 0.05) is 23.9 Å². The molecule has 1 aromatic carbocycles. The number of carbonyl (C=O) groups is 2. The van der Waals surface area contributed by atoms with Gasteiger partial charge < -0.3 is 5.32 Å². The van der Waals surface area contributed by atoms with E-state index in [1.54, 1.807) is 12.1 Å². The van der Waals surface area contributed by atoms with Gasteiger partial charge in [0.15, 0.2) is 5.13 Å². The number of aromatic nitrogens is 1. The monoisotopic (exact) mass is 383 g/mol. The van der Waals surface area contributed by atoms with Crippen molar-refractivity contribution in [2.45, 2.75) is 44.9 Å². The highest BCUT2D eigenvalue weighted by molar-refractivity contribution is 7.14. The number of hydrogen-bond acceptors (Lipinski definition) is 4. The average molecular weight is 384 g/mol. The normalized spacial score (nSPS) is 13.7. The molecule has 0 fully saturated rings. The topological polar surface area (TPSA) is 71.1 Å². The second-order valence-corrected chi connectivity index (χ2v) is 7.53. The Morgan fingerprint density at radius 2 is 1.96 bits per heavy atom. The van der Waals surface area contributed by atoms with Gasteiger partial charge in [-0.25, -0.2) is 4.98 Å². The summed E-state index contributed by atoms with van der Waals surface area (Å²) in [5, 5.41) is 8.23. The Balaban J connectivity index is 1.38. The summed E-state index contributed by atoms with van der Waals surface area (Å²) in [6.45, 7) is 0.708. The summed E-state index contributed by atoms with van der Waals surface area (Å²) in [5.74, 6) is -0.124. The molecule has 1 aliphatic carbocycles. The summed E-state index contributed by atoms with van der Waals surface area (Å²) in [5.41, 5.74) is 2.90. The minimum Gasteiger partial charge on any atom is -0.356 e. The SMILES string of the molecule is O=C(CCc1csc(NC(=O)c2ccccc2)n1)NCCC1=CCCCC1. The summed E-state index contributed by atoms with van der Waals surface area (Å²) in [6.07, 6.45) is 9.17. The van der Waals surface area contributed by atoms with E-state index in [4.69, 9.17) is 0 Å². The Labute approximate surface area is 163 Å². The smallest absolute Gasteiger partial charge is 0.257 e. The molecule has 1 heterocycles. The molecule has 0 bridgehead atoms. The number of amides is 2. The van der Waals surface area contributed by atoms with Crippen molar-refractivity contribution >= 4 is 28.3 Å². The van der Waals surface area contributed by atoms with Crippen molar-refractivity contribution in [1.29, 1.82) is 0 Å². The Hall–Kier alpha value is -2.47. The molecule has 27 heavy (non-hydrogen) atoms. The van der Waals surface area contributed by atoms with Crippen LogP contribution >= 0.6 is 11.3 Å². The lowest BCUT2D eigenvalue weighted by molar-refractivity contribution is -0.121. The predicted molar refractivity (Wildman–Crippen MR) is 109 cm³/mol. The Morgan fingerprint density at radius 1 is 1.11 bits per heavy atom. The Morgan fingerprint density at radius 3 is 2.74 bits per heavy atom. The highest BCUT2D eigenvalue weighted by atomic mass is 32.1. The van der Waals surface area contributed by atoms with Crippen molar-refractivity contribution in [1.82, 2.24) is 10.3 Å². The lowest BCUT2D eigenvalue weighted by atomic mass is 9.97. The van der Waals surface area contributed by atoms with Crippen LogP contribution in [0.4, 0.5) is 5.13 Å². The summed E-state index contributed by atoms with van der Waals surface area (Å²) >= 11 is 1.38. The lowest BCUT2D eigenvalue weighted by Crippen LogP contribution is -2.25. The zero-order valence-corrected chi connectivity index (χ0v) is 16.2. The molecule has 2 amide bonds. The first-order valence-electron chi connectivity index (χ1n) is 9.46. The zero-order chi connectivity index (χ0) is 18.9. The molecular formula is C21H25N3O2S. The van der Waals surface area contributed by atoms with Crippen molar-refractivity contribution in [3.63, 3.8) is 0 Å². The molecule has 2 aromatic rings. The van der Waals surface area contributed by atoms with Crippen LogP contribution in [0.2, 0.25) is 0 Å². The zero-order valence-electron chi connectivity index (χ0n) is 15.4. The molecule has 5 nitrogen and oxygen atoms in total. The molecule has 142 valence electrons. The van der Waals surface area contributed by atoms with Gasteiger partial charge in [0.2, 0.25) is 5.91 Å². The molecule has 0 saturated carbocycles. The van der Waals surface area contributed by atoms with Crippen LogP contribution in [-0.4, -0.2) is 23.3 Å². The van der Waals surface area contributed by atoms with E-state index >= 15 is 0 Å². The van der Waals surface area contributed by atoms with Gasteiger partial charge in [-0.15, -0.1) is 11.3 Å². The molecule has 2 N–H and O–H groups in total. The van der Waals surface area contributed by atoms with Crippen LogP contribution < -0.4 is 10.6 Å². The number of thiazole rings is 1. The second kappa shape index (κ2) is 10.0. The van der Waals surface area contributed by atoms with Gasteiger partial charge in [0.05, 0.1) is 5.69 Å². The molecule has 0 saturated heterocycles. The molecule has 0 aliphatic heterocycles. The quantitative estimate of drug-likeness (QED) is 0.666. The van der Waals surface area contributed by atoms with Gasteiger partial charge in [-0.3, -0.25) is 14.9 Å². The van der Waals surface area contributed by atoms with Gasteiger partial charge in [-0.05, 0) is 50.7 Å². The van der Waals surface area contributed by atoms with E-state index in [-0.39, 0.29) is 11.8 Å². The molecule has 0 spiro atoms. The summed E-state index contributed by atoms with van der Waals surface area (Å²) in [4.78, 5) is 28.5. The van der Waals surface area contributed by atoms with E-state index in [1.165, 1.54) is 42.6 Å². The number of carbonyl (C=O) groups excluding carboxylic acids is 2. The van der Waals surface area contributed by atoms with Crippen molar-refractivity contribution in [3.8, 4) is 0 Å². The molecule has 1 aromatic heterocycles. The highest BCUT2D eigenvalue weighted by Gasteiger charge is 2.10. The first-order valence-corrected chi connectivity index (χ1v) is 10.3. The molecule has 1 aliphatic rings. The van der Waals surface area contributed by atoms with E-state index < -0.39 is 0 Å². The van der Waals surface area contributed by atoms with Crippen LogP contribution in [0, 0.1) is 0 Å². The first kappa shape index (κ1) is 19.3. The third-order valence-corrected chi connectivity index (χ3v) is 5.38. The molecular weight excluding hydrogens is 358 g/mol. The van der Waals surface area contributed by atoms with E-state index in [2.05, 4.69) is 21.7 Å². The number of aryl methyl sites for hydroxylation is 1. The van der Waals surface area contributed by atoms with Crippen molar-refractivity contribution in [2.75, 3.05) is 11.9 Å². The number of nitrogens with one attached hydrogen (secondary N) is 2. The lowest BCUT2D eigenvalue weighted by Gasteiger charge is -2.12. The van der Waals surface area contributed by atoms with Gasteiger partial charge in [0.25, 0.3) is 5.91 Å². The van der Waals surface area contributed by atoms with E-state index in [9.17, 15) is 9.59 Å². The maximum absolute atomic E-state index is 12.1. The second-order valence-electron chi connectivity index (χ2n) is 6.67. The summed E-state index contributed by atoms with van der Waals surface area (Å²) in [7, 11) is 0. The van der Waals surface area contributed by atoms with Crippen LogP contribution in [0.5, 0.6) is 0 Å². The summed E-state index contributed by atoms with van der Waals surface area (Å²) in [6, 6.07) is 9.04. The minimum absolute atomic E-state index is 0.0503. The fraction of sp³-hybridized carbons (Fsp3) is 0.381. The van der Waals surface area contributed by atoms with Gasteiger partial charge >= 0.3 is 0 Å². The Kier molecular flexibility index (Phi) is 7.16. The molecule has 0 radical (unpaired) electrons. The largest absolute Gasteiger partial charge is 0.356 e. The maximum Gasteiger partial charge on any atom is 0.257 e. The van der Waals surface area contributed by atoms with Crippen LogP contribution in [0.3, 0.4) is 0 Å². The van der Waals surface area contributed by atoms with Crippen LogP contribution in [0.15, 0.2) is 47.4 Å². The maximum atomic E-state index is 12.1. The van der Waals surface area contributed by atoms with E-state index in [1.807, 2.05) is 23.6 Å². The van der Waals surface area contributed by atoms with Crippen molar-refractivity contribution < 1.29 is 9.59 Å². The molecule has 6 heteroatoms. The number of benzene rings is 1. The van der Waals surface area contributed by atoms with Crippen LogP contribution in [-0.2, 0) is 11.2 Å². The number of anilines is 1. The fourth-order valence-corrected chi connectivity index (χ4v) is 3.80. The van der Waals surface area contributed by atoms with E-state index in [0.717, 1.165) is 12.1 Å². The number of nitrogens with zero attached hydrogens (tertiary/aromatic N) is 1. The van der Waals surface area contributed by atoms with Gasteiger partial charge in [0.1, 0.15) is 0 Å². The molecule has 0 unspecified atom stereocenters. The third-order valence-electron chi connectivity index (χ3n) is 4.57. The molecule has 3 rings (SSSR count). The third kappa shape index (κ3) is 6.32. The first-order chi connectivity index (χ1) is 13.2. The van der Waals surface area contributed by atoms with Crippen molar-refractivity contribution in [3.05, 3.63) is 58.6 Å². The van der Waals surface area contributed by atoms with Crippen molar-refractivity contribution in [2.24, 2.45) is 0 Å². The minimum atomic E-state index is -0.175. The standard InChI is InChI=1S/C21H25N3O2S/c25-19(22-14-13-16-7-3-1-4-8-16)12-11-18-15-27-21(23-18)24-20(26)17-9-5-2-6-10-17/h2,5-7,9-10,15H,1,3-4,8,11-14H2,(H,22,25)(H,23,24,26). The average Bonchev–Trinajstić information content (AvgIpc) is 3.15. The van der Waals surface area contributed by atoms with Crippen LogP contribution in [0.25, 0.3) is 0 Å². The van der Waals surface area contributed by atoms with Crippen LogP contribution in [0.1, 0.15) is 54.6 Å². The molecule has 0 atom stereocenters. The number of rotatable bonds is 8. The number of allylic oxidation sites excluding steroid dienone is 1. The highest BCUT2D eigenvalue weighted by Crippen LogP contribution is 2.20. The predicted octanol–water partition coefficient (Wildman–Crippen LogP) is 4.33. The fourth-order valence-electron chi connectivity index (χ4n) is 3.06. The van der Waals surface area contributed by atoms with E-state index in [0.29, 0.717) is 30.1 Å². The van der Waals surface area contributed by atoms with Gasteiger partial charge in [-0.2, -0.15) is 0 Å². The summed E-state index contributed by atoms with van der Waals surface area (Å²) < 4.78 is 0.